The van der Waals surface area contributed by atoms with Gasteiger partial charge in [0.05, 0.1) is 12.6 Å². The van der Waals surface area contributed by atoms with Gasteiger partial charge < -0.3 is 10.4 Å². The molecule has 0 saturated carbocycles. The van der Waals surface area contributed by atoms with Gasteiger partial charge in [-0.05, 0) is 54.9 Å². The van der Waals surface area contributed by atoms with Crippen molar-refractivity contribution in [3.63, 3.8) is 0 Å². The van der Waals surface area contributed by atoms with Crippen LogP contribution in [0.1, 0.15) is 37.8 Å². The third-order valence-corrected chi connectivity index (χ3v) is 3.70. The van der Waals surface area contributed by atoms with E-state index in [9.17, 15) is 5.11 Å². The molecule has 0 amide bonds. The van der Waals surface area contributed by atoms with E-state index in [-0.39, 0.29) is 12.6 Å². The molecule has 0 saturated heterocycles. The van der Waals surface area contributed by atoms with Gasteiger partial charge in [-0.25, -0.2) is 0 Å². The lowest BCUT2D eigenvalue weighted by molar-refractivity contribution is 0.249. The number of nitrogens with one attached hydrogen (secondary N) is 1. The minimum Gasteiger partial charge on any atom is -0.394 e. The maximum Gasteiger partial charge on any atom is 0.0635 e. The first-order chi connectivity index (χ1) is 8.20. The number of hydrogen-bond donors (Lipinski definition) is 2. The highest BCUT2D eigenvalue weighted by molar-refractivity contribution is 5.50. The Morgan fingerprint density at radius 1 is 1.18 bits per heavy atom. The third-order valence-electron chi connectivity index (χ3n) is 3.70. The van der Waals surface area contributed by atoms with E-state index in [0.717, 1.165) is 5.69 Å². The Morgan fingerprint density at radius 3 is 2.53 bits per heavy atom. The summed E-state index contributed by atoms with van der Waals surface area (Å²) in [7, 11) is 0. The lowest BCUT2D eigenvalue weighted by Crippen LogP contribution is -2.29. The fraction of sp³-hybridized carbons (Fsp3) is 0.600. The molecule has 1 aromatic rings. The number of aryl methyl sites for hydroxylation is 2. The Morgan fingerprint density at radius 2 is 1.88 bits per heavy atom. The summed E-state index contributed by atoms with van der Waals surface area (Å²) in [5, 5.41) is 12.8. The summed E-state index contributed by atoms with van der Waals surface area (Å²) >= 11 is 0. The van der Waals surface area contributed by atoms with Crippen LogP contribution in [0.4, 0.5) is 5.69 Å². The molecule has 17 heavy (non-hydrogen) atoms. The van der Waals surface area contributed by atoms with Crippen LogP contribution in [-0.2, 0) is 12.8 Å². The predicted molar refractivity (Wildman–Crippen MR) is 72.4 cm³/mol. The van der Waals surface area contributed by atoms with Crippen LogP contribution >= 0.6 is 0 Å². The molecule has 94 valence electrons. The van der Waals surface area contributed by atoms with Crippen LogP contribution in [0.2, 0.25) is 0 Å². The zero-order valence-corrected chi connectivity index (χ0v) is 10.9. The number of fused-ring (bicyclic) bond motifs is 1. The van der Waals surface area contributed by atoms with Gasteiger partial charge in [0, 0.05) is 5.69 Å². The van der Waals surface area contributed by atoms with Gasteiger partial charge in [0.15, 0.2) is 0 Å². The first-order valence-electron chi connectivity index (χ1n) is 6.70. The number of rotatable bonds is 4. The number of anilines is 1. The van der Waals surface area contributed by atoms with Crippen molar-refractivity contribution in [1.82, 2.24) is 0 Å². The van der Waals surface area contributed by atoms with Crippen molar-refractivity contribution in [3.8, 4) is 0 Å². The first-order valence-corrected chi connectivity index (χ1v) is 6.70. The van der Waals surface area contributed by atoms with Crippen LogP contribution in [0.3, 0.4) is 0 Å². The monoisotopic (exact) mass is 233 g/mol. The van der Waals surface area contributed by atoms with Gasteiger partial charge in [-0.1, -0.05) is 19.9 Å². The molecule has 0 aliphatic heterocycles. The maximum atomic E-state index is 9.33. The molecule has 0 bridgehead atoms. The van der Waals surface area contributed by atoms with E-state index in [1.807, 2.05) is 0 Å². The number of benzene rings is 1. The average Bonchev–Trinajstić information content (AvgIpc) is 2.35. The third kappa shape index (κ3) is 3.01. The fourth-order valence-electron chi connectivity index (χ4n) is 2.46. The Balaban J connectivity index is 2.11. The summed E-state index contributed by atoms with van der Waals surface area (Å²) in [4.78, 5) is 0. The van der Waals surface area contributed by atoms with Crippen LogP contribution in [0.15, 0.2) is 18.2 Å². The van der Waals surface area contributed by atoms with Crippen LogP contribution < -0.4 is 5.32 Å². The number of aliphatic hydroxyl groups is 1. The zero-order chi connectivity index (χ0) is 12.3. The Hall–Kier alpha value is -1.02. The molecule has 2 nitrogen and oxygen atoms in total. The van der Waals surface area contributed by atoms with Gasteiger partial charge >= 0.3 is 0 Å². The SMILES string of the molecule is CC(C)C(CO)Nc1ccc2c(c1)CCCC2. The van der Waals surface area contributed by atoms with E-state index in [1.54, 1.807) is 0 Å². The molecule has 1 aliphatic carbocycles. The van der Waals surface area contributed by atoms with Crippen LogP contribution in [0, 0.1) is 5.92 Å². The lowest BCUT2D eigenvalue weighted by atomic mass is 9.91. The molecule has 2 rings (SSSR count). The smallest absolute Gasteiger partial charge is 0.0635 e. The molecule has 0 aromatic heterocycles. The predicted octanol–water partition coefficient (Wildman–Crippen LogP) is 2.99. The van der Waals surface area contributed by atoms with Crippen LogP contribution in [-0.4, -0.2) is 17.8 Å². The summed E-state index contributed by atoms with van der Waals surface area (Å²) in [6, 6.07) is 6.80. The van der Waals surface area contributed by atoms with E-state index in [0.29, 0.717) is 5.92 Å². The van der Waals surface area contributed by atoms with Gasteiger partial charge in [-0.2, -0.15) is 0 Å². The van der Waals surface area contributed by atoms with Gasteiger partial charge in [0.25, 0.3) is 0 Å². The highest BCUT2D eigenvalue weighted by Crippen LogP contribution is 2.25. The summed E-state index contributed by atoms with van der Waals surface area (Å²) < 4.78 is 0. The highest BCUT2D eigenvalue weighted by Gasteiger charge is 2.13. The second-order valence-corrected chi connectivity index (χ2v) is 5.37. The molecule has 1 unspecified atom stereocenters. The van der Waals surface area contributed by atoms with Gasteiger partial charge in [-0.15, -0.1) is 0 Å². The Kier molecular flexibility index (Phi) is 4.06. The second kappa shape index (κ2) is 5.54. The van der Waals surface area contributed by atoms with Crippen molar-refractivity contribution in [2.24, 2.45) is 5.92 Å². The number of hydrogen-bond acceptors (Lipinski definition) is 2. The molecule has 1 aromatic carbocycles. The van der Waals surface area contributed by atoms with Crippen molar-refractivity contribution in [1.29, 1.82) is 0 Å². The summed E-state index contributed by atoms with van der Waals surface area (Å²) in [5.41, 5.74) is 4.15. The molecular weight excluding hydrogens is 210 g/mol. The second-order valence-electron chi connectivity index (χ2n) is 5.37. The minimum absolute atomic E-state index is 0.150. The average molecular weight is 233 g/mol. The van der Waals surface area contributed by atoms with Crippen LogP contribution in [0.5, 0.6) is 0 Å². The molecule has 1 atom stereocenters. The van der Waals surface area contributed by atoms with E-state index in [2.05, 4.69) is 37.4 Å². The summed E-state index contributed by atoms with van der Waals surface area (Å²) in [5.74, 6) is 0.441. The van der Waals surface area contributed by atoms with Crippen LogP contribution in [0.25, 0.3) is 0 Å². The molecule has 2 N–H and O–H groups in total. The topological polar surface area (TPSA) is 32.3 Å². The van der Waals surface area contributed by atoms with Crippen molar-refractivity contribution in [2.45, 2.75) is 45.6 Å². The van der Waals surface area contributed by atoms with Gasteiger partial charge in [0.1, 0.15) is 0 Å². The standard InChI is InChI=1S/C15H23NO/c1-11(2)15(10-17)16-14-8-7-12-5-3-4-6-13(12)9-14/h7-9,11,15-17H,3-6,10H2,1-2H3. The van der Waals surface area contributed by atoms with E-state index >= 15 is 0 Å². The lowest BCUT2D eigenvalue weighted by Gasteiger charge is -2.23. The summed E-state index contributed by atoms with van der Waals surface area (Å²) in [6.07, 6.45) is 5.06. The van der Waals surface area contributed by atoms with Gasteiger partial charge in [0.2, 0.25) is 0 Å². The van der Waals surface area contributed by atoms with Crippen molar-refractivity contribution in [3.05, 3.63) is 29.3 Å². The van der Waals surface area contributed by atoms with Crippen molar-refractivity contribution < 1.29 is 5.11 Å². The van der Waals surface area contributed by atoms with Crippen molar-refractivity contribution in [2.75, 3.05) is 11.9 Å². The molecule has 2 heteroatoms. The Bertz CT molecular complexity index is 373. The molecule has 0 fully saturated rings. The molecule has 0 radical (unpaired) electrons. The normalized spacial score (nSPS) is 16.7. The Labute approximate surface area is 104 Å². The summed E-state index contributed by atoms with van der Waals surface area (Å²) in [6.45, 7) is 4.45. The molecule has 0 heterocycles. The number of aliphatic hydroxyl groups excluding tert-OH is 1. The molecular formula is C15H23NO. The minimum atomic E-state index is 0.150. The zero-order valence-electron chi connectivity index (χ0n) is 10.9. The maximum absolute atomic E-state index is 9.33. The highest BCUT2D eigenvalue weighted by atomic mass is 16.3. The van der Waals surface area contributed by atoms with E-state index < -0.39 is 0 Å². The van der Waals surface area contributed by atoms with Gasteiger partial charge in [-0.3, -0.25) is 0 Å². The van der Waals surface area contributed by atoms with E-state index in [4.69, 9.17) is 0 Å². The molecule has 0 spiro atoms. The van der Waals surface area contributed by atoms with E-state index in [1.165, 1.54) is 36.8 Å². The molecule has 1 aliphatic rings. The largest absolute Gasteiger partial charge is 0.394 e. The fourth-order valence-corrected chi connectivity index (χ4v) is 2.46. The first kappa shape index (κ1) is 12.4. The quantitative estimate of drug-likeness (QED) is 0.838. The van der Waals surface area contributed by atoms with Crippen molar-refractivity contribution >= 4 is 5.69 Å².